The van der Waals surface area contributed by atoms with Crippen molar-refractivity contribution in [3.8, 4) is 5.75 Å². The van der Waals surface area contributed by atoms with Crippen LogP contribution in [0.1, 0.15) is 28.8 Å². The fraction of sp³-hybridized carbons (Fsp3) is 0.400. The van der Waals surface area contributed by atoms with Gasteiger partial charge in [-0.3, -0.25) is 9.78 Å². The molecular formula is C10H12N2O2. The molecule has 0 spiro atoms. The first-order chi connectivity index (χ1) is 6.68. The van der Waals surface area contributed by atoms with E-state index in [1.807, 2.05) is 6.92 Å². The Morgan fingerprint density at radius 2 is 2.29 bits per heavy atom. The molecule has 1 aromatic heterocycles. The molecule has 0 aromatic carbocycles. The standard InChI is InChI=1S/C10H12N2O2/c1-6-8(10(11)13)4-12-5-9(6)14-7-2-3-7/h4-5,7H,2-3H2,1H3,(H2,11,13). The Hall–Kier alpha value is -1.58. The van der Waals surface area contributed by atoms with E-state index in [1.54, 1.807) is 6.20 Å². The number of nitrogens with two attached hydrogens (primary N) is 1. The molecule has 1 amide bonds. The summed E-state index contributed by atoms with van der Waals surface area (Å²) in [5.74, 6) is 0.208. The Morgan fingerprint density at radius 3 is 2.86 bits per heavy atom. The lowest BCUT2D eigenvalue weighted by atomic mass is 10.1. The number of ether oxygens (including phenoxy) is 1. The monoisotopic (exact) mass is 192 g/mol. The van der Waals surface area contributed by atoms with Gasteiger partial charge in [-0.15, -0.1) is 0 Å². The van der Waals surface area contributed by atoms with Crippen LogP contribution in [-0.4, -0.2) is 17.0 Å². The molecule has 2 rings (SSSR count). The maximum Gasteiger partial charge on any atom is 0.250 e. The van der Waals surface area contributed by atoms with Crippen LogP contribution >= 0.6 is 0 Å². The van der Waals surface area contributed by atoms with Crippen LogP contribution in [0.2, 0.25) is 0 Å². The highest BCUT2D eigenvalue weighted by molar-refractivity contribution is 5.94. The van der Waals surface area contributed by atoms with E-state index in [9.17, 15) is 4.79 Å². The van der Waals surface area contributed by atoms with E-state index < -0.39 is 5.91 Å². The minimum Gasteiger partial charge on any atom is -0.489 e. The van der Waals surface area contributed by atoms with E-state index >= 15 is 0 Å². The third-order valence-corrected chi connectivity index (χ3v) is 2.25. The number of amides is 1. The number of carbonyl (C=O) groups excluding carboxylic acids is 1. The van der Waals surface area contributed by atoms with E-state index in [2.05, 4.69) is 4.98 Å². The lowest BCUT2D eigenvalue weighted by molar-refractivity contribution is 0.0998. The Labute approximate surface area is 82.1 Å². The highest BCUT2D eigenvalue weighted by Crippen LogP contribution is 2.29. The van der Waals surface area contributed by atoms with Crippen LogP contribution in [0.3, 0.4) is 0 Å². The highest BCUT2D eigenvalue weighted by atomic mass is 16.5. The Balaban J connectivity index is 2.30. The van der Waals surface area contributed by atoms with Crippen molar-refractivity contribution in [2.75, 3.05) is 0 Å². The number of aromatic nitrogens is 1. The Morgan fingerprint density at radius 1 is 1.57 bits per heavy atom. The average Bonchev–Trinajstić information content (AvgIpc) is 2.92. The number of pyridine rings is 1. The van der Waals surface area contributed by atoms with Crippen molar-refractivity contribution in [3.63, 3.8) is 0 Å². The summed E-state index contributed by atoms with van der Waals surface area (Å²) in [7, 11) is 0. The molecule has 4 nitrogen and oxygen atoms in total. The third kappa shape index (κ3) is 1.69. The van der Waals surface area contributed by atoms with Crippen LogP contribution < -0.4 is 10.5 Å². The van der Waals surface area contributed by atoms with Gasteiger partial charge in [-0.25, -0.2) is 0 Å². The molecule has 1 fully saturated rings. The summed E-state index contributed by atoms with van der Waals surface area (Å²) in [6, 6.07) is 0. The second kappa shape index (κ2) is 3.29. The number of hydrogen-bond donors (Lipinski definition) is 1. The van der Waals surface area contributed by atoms with E-state index in [0.29, 0.717) is 17.4 Å². The average molecular weight is 192 g/mol. The summed E-state index contributed by atoms with van der Waals surface area (Å²) in [5, 5.41) is 0. The van der Waals surface area contributed by atoms with Crippen molar-refractivity contribution >= 4 is 5.91 Å². The number of carbonyl (C=O) groups is 1. The van der Waals surface area contributed by atoms with E-state index in [0.717, 1.165) is 18.4 Å². The molecule has 0 bridgehead atoms. The lowest BCUT2D eigenvalue weighted by Crippen LogP contribution is -2.14. The molecule has 1 aromatic rings. The lowest BCUT2D eigenvalue weighted by Gasteiger charge is -2.09. The second-order valence-corrected chi connectivity index (χ2v) is 3.49. The summed E-state index contributed by atoms with van der Waals surface area (Å²) in [5.41, 5.74) is 6.41. The molecule has 0 unspecified atom stereocenters. The van der Waals surface area contributed by atoms with E-state index in [1.165, 1.54) is 6.20 Å². The maximum absolute atomic E-state index is 11.0. The van der Waals surface area contributed by atoms with Gasteiger partial charge in [0.05, 0.1) is 17.9 Å². The van der Waals surface area contributed by atoms with Crippen LogP contribution in [-0.2, 0) is 0 Å². The first-order valence-electron chi connectivity index (χ1n) is 4.59. The third-order valence-electron chi connectivity index (χ3n) is 2.25. The molecule has 1 aliphatic carbocycles. The molecule has 4 heteroatoms. The number of rotatable bonds is 3. The molecule has 0 aliphatic heterocycles. The summed E-state index contributed by atoms with van der Waals surface area (Å²) in [4.78, 5) is 14.9. The minimum absolute atomic E-state index is 0.304. The van der Waals surface area contributed by atoms with Gasteiger partial charge < -0.3 is 10.5 Å². The van der Waals surface area contributed by atoms with Gasteiger partial charge in [-0.05, 0) is 19.8 Å². The molecule has 2 N–H and O–H groups in total. The molecule has 1 heterocycles. The van der Waals surface area contributed by atoms with Gasteiger partial charge in [0, 0.05) is 11.8 Å². The normalized spacial score (nSPS) is 15.2. The quantitative estimate of drug-likeness (QED) is 0.777. The highest BCUT2D eigenvalue weighted by Gasteiger charge is 2.24. The fourth-order valence-corrected chi connectivity index (χ4v) is 1.24. The second-order valence-electron chi connectivity index (χ2n) is 3.49. The summed E-state index contributed by atoms with van der Waals surface area (Å²) >= 11 is 0. The SMILES string of the molecule is Cc1c(OC2CC2)cncc1C(N)=O. The van der Waals surface area contributed by atoms with Gasteiger partial charge in [0.1, 0.15) is 5.75 Å². The van der Waals surface area contributed by atoms with Crippen molar-refractivity contribution in [2.45, 2.75) is 25.9 Å². The minimum atomic E-state index is -0.462. The van der Waals surface area contributed by atoms with Gasteiger partial charge in [0.15, 0.2) is 0 Å². The van der Waals surface area contributed by atoms with Crippen molar-refractivity contribution in [1.29, 1.82) is 0 Å². The number of nitrogens with zero attached hydrogens (tertiary/aromatic N) is 1. The van der Waals surface area contributed by atoms with Crippen molar-refractivity contribution in [2.24, 2.45) is 5.73 Å². The Kier molecular flexibility index (Phi) is 2.11. The van der Waals surface area contributed by atoms with Crippen LogP contribution in [0, 0.1) is 6.92 Å². The predicted molar refractivity (Wildman–Crippen MR) is 51.1 cm³/mol. The molecule has 0 atom stereocenters. The van der Waals surface area contributed by atoms with Crippen molar-refractivity contribution in [1.82, 2.24) is 4.98 Å². The van der Waals surface area contributed by atoms with Gasteiger partial charge in [0.25, 0.3) is 5.91 Å². The molecule has 14 heavy (non-hydrogen) atoms. The zero-order valence-corrected chi connectivity index (χ0v) is 7.99. The zero-order chi connectivity index (χ0) is 10.1. The molecule has 1 saturated carbocycles. The molecule has 74 valence electrons. The molecular weight excluding hydrogens is 180 g/mol. The van der Waals surface area contributed by atoms with E-state index in [4.69, 9.17) is 10.5 Å². The summed E-state index contributed by atoms with van der Waals surface area (Å²) < 4.78 is 5.58. The summed E-state index contributed by atoms with van der Waals surface area (Å²) in [6.07, 6.45) is 5.57. The summed E-state index contributed by atoms with van der Waals surface area (Å²) in [6.45, 7) is 1.82. The zero-order valence-electron chi connectivity index (χ0n) is 7.99. The predicted octanol–water partition coefficient (Wildman–Crippen LogP) is 1.03. The van der Waals surface area contributed by atoms with E-state index in [-0.39, 0.29) is 0 Å². The first kappa shape index (κ1) is 8.99. The topological polar surface area (TPSA) is 65.2 Å². The van der Waals surface area contributed by atoms with Crippen LogP contribution in [0.15, 0.2) is 12.4 Å². The number of hydrogen-bond acceptors (Lipinski definition) is 3. The van der Waals surface area contributed by atoms with Gasteiger partial charge >= 0.3 is 0 Å². The largest absolute Gasteiger partial charge is 0.489 e. The van der Waals surface area contributed by atoms with Crippen molar-refractivity contribution < 1.29 is 9.53 Å². The molecule has 0 saturated heterocycles. The van der Waals surface area contributed by atoms with Gasteiger partial charge in [-0.1, -0.05) is 0 Å². The van der Waals surface area contributed by atoms with Crippen LogP contribution in [0.4, 0.5) is 0 Å². The van der Waals surface area contributed by atoms with Gasteiger partial charge in [-0.2, -0.15) is 0 Å². The van der Waals surface area contributed by atoms with Crippen molar-refractivity contribution in [3.05, 3.63) is 23.5 Å². The van der Waals surface area contributed by atoms with Gasteiger partial charge in [0.2, 0.25) is 0 Å². The fourth-order valence-electron chi connectivity index (χ4n) is 1.24. The number of primary amides is 1. The smallest absolute Gasteiger partial charge is 0.250 e. The maximum atomic E-state index is 11.0. The van der Waals surface area contributed by atoms with Crippen LogP contribution in [0.25, 0.3) is 0 Å². The molecule has 0 radical (unpaired) electrons. The Bertz CT molecular complexity index is 372. The molecule has 1 aliphatic rings. The first-order valence-corrected chi connectivity index (χ1v) is 4.59. The van der Waals surface area contributed by atoms with Crippen LogP contribution in [0.5, 0.6) is 5.75 Å².